The summed E-state index contributed by atoms with van der Waals surface area (Å²) in [4.78, 5) is 40.4. The van der Waals surface area contributed by atoms with Crippen molar-refractivity contribution < 1.29 is 4.79 Å². The number of rotatable bonds is 16. The molecular weight excluding hydrogens is 442 g/mol. The number of amidine groups is 1. The fourth-order valence-corrected chi connectivity index (χ4v) is 4.22. The fourth-order valence-electron chi connectivity index (χ4n) is 4.22. The Kier molecular flexibility index (Phi) is 11.1. The van der Waals surface area contributed by atoms with Gasteiger partial charge in [0.05, 0.1) is 37.7 Å². The number of nitrogens with one attached hydrogen (secondary N) is 2. The number of hydrogen-bond acceptors (Lipinski definition) is 8. The fraction of sp³-hybridized carbons (Fsp3) is 0.640. The van der Waals surface area contributed by atoms with E-state index in [2.05, 4.69) is 65.8 Å². The number of imidazole rings is 1. The number of carbonyl (C=O) groups is 1. The second-order valence-corrected chi connectivity index (χ2v) is 9.10. The maximum atomic E-state index is 12.5. The van der Waals surface area contributed by atoms with Gasteiger partial charge >= 0.3 is 0 Å². The van der Waals surface area contributed by atoms with Crippen LogP contribution < -0.4 is 5.32 Å². The molecule has 0 saturated carbocycles. The Labute approximate surface area is 209 Å². The number of likely N-dealkylation sites (N-methyl/N-ethyl adjacent to an activating group) is 1. The molecule has 0 atom stereocenters. The molecule has 0 fully saturated rings. The molecule has 1 amide bonds. The standard InChI is InChI=1S/C25H41N9O/c1-4-12-33(13-5-2)14-7-6-8-29-25(35)22-17-30-21(16-31-22)18-34(19-23-26-9-10-27-23)20-24-28-11-15-32(24)3/h9-10,16-17H,4-8,11-15,18-20H2,1-3H3,(H,26,27)(H,29,35). The predicted octanol–water partition coefficient (Wildman–Crippen LogP) is 2.18. The molecular formula is C25H41N9O. The Balaban J connectivity index is 1.46. The van der Waals surface area contributed by atoms with Gasteiger partial charge in [-0.05, 0) is 45.3 Å². The first-order valence-corrected chi connectivity index (χ1v) is 12.9. The van der Waals surface area contributed by atoms with Gasteiger partial charge in [0, 0.05) is 39.1 Å². The normalized spacial score (nSPS) is 13.6. The molecule has 192 valence electrons. The van der Waals surface area contributed by atoms with Gasteiger partial charge in [-0.25, -0.2) is 9.97 Å². The second-order valence-electron chi connectivity index (χ2n) is 9.10. The van der Waals surface area contributed by atoms with Crippen molar-refractivity contribution in [2.45, 2.75) is 52.6 Å². The summed E-state index contributed by atoms with van der Waals surface area (Å²) in [6.45, 7) is 12.2. The highest BCUT2D eigenvalue weighted by Gasteiger charge is 2.18. The minimum atomic E-state index is -0.169. The summed E-state index contributed by atoms with van der Waals surface area (Å²) in [7, 11) is 2.07. The van der Waals surface area contributed by atoms with Gasteiger partial charge in [-0.15, -0.1) is 0 Å². The number of aromatic amines is 1. The van der Waals surface area contributed by atoms with Crippen molar-refractivity contribution in [3.05, 3.63) is 42.0 Å². The Morgan fingerprint density at radius 1 is 1.03 bits per heavy atom. The first-order valence-electron chi connectivity index (χ1n) is 12.9. The lowest BCUT2D eigenvalue weighted by Crippen LogP contribution is -2.36. The van der Waals surface area contributed by atoms with Crippen molar-refractivity contribution in [3.63, 3.8) is 0 Å². The molecule has 3 rings (SSSR count). The van der Waals surface area contributed by atoms with Crippen LogP contribution in [0.4, 0.5) is 0 Å². The first kappa shape index (κ1) is 26.7. The zero-order valence-corrected chi connectivity index (χ0v) is 21.5. The average Bonchev–Trinajstić information content (AvgIpc) is 3.51. The largest absolute Gasteiger partial charge is 0.360 e. The van der Waals surface area contributed by atoms with Crippen molar-refractivity contribution in [1.82, 2.24) is 40.0 Å². The van der Waals surface area contributed by atoms with Gasteiger partial charge in [-0.2, -0.15) is 0 Å². The van der Waals surface area contributed by atoms with Crippen molar-refractivity contribution in [2.24, 2.45) is 4.99 Å². The van der Waals surface area contributed by atoms with Crippen LogP contribution in [0.3, 0.4) is 0 Å². The molecule has 0 bridgehead atoms. The summed E-state index contributed by atoms with van der Waals surface area (Å²) < 4.78 is 0. The third-order valence-electron chi connectivity index (χ3n) is 6.05. The molecule has 10 heteroatoms. The third-order valence-corrected chi connectivity index (χ3v) is 6.05. The summed E-state index contributed by atoms with van der Waals surface area (Å²) in [5.74, 6) is 1.79. The molecule has 10 nitrogen and oxygen atoms in total. The lowest BCUT2D eigenvalue weighted by atomic mass is 10.2. The number of hydrogen-bond donors (Lipinski definition) is 2. The topological polar surface area (TPSA) is 106 Å². The SMILES string of the molecule is CCCN(CCC)CCCCNC(=O)c1cnc(CN(CC2=NCCN2C)Cc2ncc[nH]2)cn1. The Bertz CT molecular complexity index is 892. The minimum Gasteiger partial charge on any atom is -0.360 e. The number of carbonyl (C=O) groups excluding carboxylic acids is 1. The van der Waals surface area contributed by atoms with Gasteiger partial charge in [0.2, 0.25) is 0 Å². The van der Waals surface area contributed by atoms with Crippen molar-refractivity contribution in [1.29, 1.82) is 0 Å². The highest BCUT2D eigenvalue weighted by molar-refractivity contribution is 5.91. The molecule has 0 spiro atoms. The van der Waals surface area contributed by atoms with E-state index < -0.39 is 0 Å². The molecule has 3 heterocycles. The highest BCUT2D eigenvalue weighted by Crippen LogP contribution is 2.09. The van der Waals surface area contributed by atoms with E-state index in [1.807, 2.05) is 6.20 Å². The average molecular weight is 484 g/mol. The van der Waals surface area contributed by atoms with Crippen molar-refractivity contribution in [3.8, 4) is 0 Å². The number of aliphatic imine (C=N–C) groups is 1. The van der Waals surface area contributed by atoms with E-state index in [4.69, 9.17) is 0 Å². The molecule has 2 aromatic rings. The molecule has 1 aliphatic heterocycles. The number of H-pyrrole nitrogens is 1. The number of unbranched alkanes of at least 4 members (excludes halogenated alkanes) is 1. The Morgan fingerprint density at radius 3 is 2.49 bits per heavy atom. The van der Waals surface area contributed by atoms with E-state index in [1.54, 1.807) is 18.6 Å². The zero-order chi connectivity index (χ0) is 24.9. The maximum absolute atomic E-state index is 12.5. The highest BCUT2D eigenvalue weighted by atomic mass is 16.1. The van der Waals surface area contributed by atoms with Crippen molar-refractivity contribution >= 4 is 11.7 Å². The molecule has 0 aliphatic carbocycles. The summed E-state index contributed by atoms with van der Waals surface area (Å²) >= 11 is 0. The molecule has 2 N–H and O–H groups in total. The Morgan fingerprint density at radius 2 is 1.86 bits per heavy atom. The molecule has 0 saturated heterocycles. The van der Waals surface area contributed by atoms with Gasteiger partial charge < -0.3 is 20.1 Å². The van der Waals surface area contributed by atoms with E-state index in [1.165, 1.54) is 12.8 Å². The van der Waals surface area contributed by atoms with Crippen LogP contribution in [0.15, 0.2) is 29.8 Å². The summed E-state index contributed by atoms with van der Waals surface area (Å²) in [6, 6.07) is 0. The molecule has 0 unspecified atom stereocenters. The van der Waals surface area contributed by atoms with E-state index in [-0.39, 0.29) is 5.91 Å². The molecule has 35 heavy (non-hydrogen) atoms. The summed E-state index contributed by atoms with van der Waals surface area (Å²) in [5.41, 5.74) is 1.16. The van der Waals surface area contributed by atoms with Gasteiger partial charge in [0.25, 0.3) is 5.91 Å². The Hall–Kier alpha value is -2.85. The molecule has 1 aliphatic rings. The summed E-state index contributed by atoms with van der Waals surface area (Å²) in [5, 5.41) is 2.98. The quantitative estimate of drug-likeness (QED) is 0.353. The van der Waals surface area contributed by atoms with Crippen LogP contribution in [-0.2, 0) is 13.1 Å². The number of nitrogens with zero attached hydrogens (tertiary/aromatic N) is 7. The van der Waals surface area contributed by atoms with E-state index >= 15 is 0 Å². The van der Waals surface area contributed by atoms with Gasteiger partial charge in [0.1, 0.15) is 17.4 Å². The van der Waals surface area contributed by atoms with Crippen LogP contribution in [0.2, 0.25) is 0 Å². The molecule has 2 aromatic heterocycles. The van der Waals surface area contributed by atoms with Crippen LogP contribution in [0.25, 0.3) is 0 Å². The smallest absolute Gasteiger partial charge is 0.271 e. The van der Waals surface area contributed by atoms with E-state index in [0.29, 0.717) is 31.9 Å². The van der Waals surface area contributed by atoms with Crippen LogP contribution in [-0.4, -0.2) is 99.2 Å². The lowest BCUT2D eigenvalue weighted by molar-refractivity contribution is 0.0947. The van der Waals surface area contributed by atoms with Crippen LogP contribution in [0.1, 0.15) is 61.5 Å². The van der Waals surface area contributed by atoms with Crippen LogP contribution in [0, 0.1) is 0 Å². The lowest BCUT2D eigenvalue weighted by Gasteiger charge is -2.24. The van der Waals surface area contributed by atoms with Gasteiger partial charge in [0.15, 0.2) is 0 Å². The maximum Gasteiger partial charge on any atom is 0.271 e. The van der Waals surface area contributed by atoms with E-state index in [0.717, 1.165) is 62.9 Å². The van der Waals surface area contributed by atoms with Crippen molar-refractivity contribution in [2.75, 3.05) is 52.9 Å². The zero-order valence-electron chi connectivity index (χ0n) is 21.5. The minimum absolute atomic E-state index is 0.169. The van der Waals surface area contributed by atoms with E-state index in [9.17, 15) is 4.79 Å². The summed E-state index contributed by atoms with van der Waals surface area (Å²) in [6.07, 6.45) is 11.2. The molecule has 0 aromatic carbocycles. The van der Waals surface area contributed by atoms with Crippen LogP contribution in [0.5, 0.6) is 0 Å². The van der Waals surface area contributed by atoms with Crippen LogP contribution >= 0.6 is 0 Å². The van der Waals surface area contributed by atoms with Gasteiger partial charge in [-0.3, -0.25) is 19.7 Å². The number of amides is 1. The third kappa shape index (κ3) is 9.03. The first-order chi connectivity index (χ1) is 17.1. The van der Waals surface area contributed by atoms with Gasteiger partial charge in [-0.1, -0.05) is 13.8 Å². The second kappa shape index (κ2) is 14.5. The molecule has 0 radical (unpaired) electrons. The monoisotopic (exact) mass is 483 g/mol. The number of aromatic nitrogens is 4. The predicted molar refractivity (Wildman–Crippen MR) is 138 cm³/mol.